The molecule has 9 aromatic carbocycles. The zero-order valence-corrected chi connectivity index (χ0v) is 50.9. The zero-order valence-electron chi connectivity index (χ0n) is 47.5. The van der Waals surface area contributed by atoms with Crippen LogP contribution >= 0.6 is 7.26 Å². The van der Waals surface area contributed by atoms with Gasteiger partial charge in [-0.2, -0.15) is 0 Å². The van der Waals surface area contributed by atoms with Gasteiger partial charge in [-0.05, 0) is 91.9 Å². The molecule has 81 heavy (non-hydrogen) atoms. The predicted octanol–water partition coefficient (Wildman–Crippen LogP) is 18.0. The maximum atomic E-state index is 6.09. The summed E-state index contributed by atoms with van der Waals surface area (Å²) in [5.74, 6) is 7.61. The molecule has 0 spiro atoms. The van der Waals surface area contributed by atoms with Crippen molar-refractivity contribution in [2.75, 3.05) is 13.2 Å². The van der Waals surface area contributed by atoms with Gasteiger partial charge in [0.05, 0.1) is 0 Å². The van der Waals surface area contributed by atoms with E-state index in [1.54, 1.807) is 17.9 Å². The van der Waals surface area contributed by atoms with E-state index in [1.165, 1.54) is 116 Å². The van der Waals surface area contributed by atoms with Gasteiger partial charge in [-0.1, -0.05) is 94.4 Å². The van der Waals surface area contributed by atoms with Gasteiger partial charge in [-0.15, -0.1) is 0 Å². The summed E-state index contributed by atoms with van der Waals surface area (Å²) in [5, 5.41) is 4.93. The minimum absolute atomic E-state index is 0.0841. The molecule has 1 fully saturated rings. The number of ether oxygens (including phenoxy) is 1. The van der Waals surface area contributed by atoms with Crippen molar-refractivity contribution in [1.82, 2.24) is 0 Å². The van der Waals surface area contributed by atoms with E-state index in [0.29, 0.717) is 13.2 Å². The van der Waals surface area contributed by atoms with Gasteiger partial charge in [0.1, 0.15) is 0 Å². The third-order valence-electron chi connectivity index (χ3n) is 18.1. The Balaban J connectivity index is 0.841. The fourth-order valence-corrected chi connectivity index (χ4v) is 19.5. The maximum absolute atomic E-state index is 6.09. The van der Waals surface area contributed by atoms with Crippen molar-refractivity contribution in [3.8, 4) is 71.8 Å². The summed E-state index contributed by atoms with van der Waals surface area (Å²) in [5.41, 5.74) is 26.3. The minimum atomic E-state index is -2.52. The number of hydrogen-bond acceptors (Lipinski definition) is 1. The van der Waals surface area contributed by atoms with E-state index < -0.39 is 7.26 Å². The molecular formula is C78H65OOsP+. The van der Waals surface area contributed by atoms with Crippen LogP contribution in [0.3, 0.4) is 0 Å². The van der Waals surface area contributed by atoms with E-state index in [0.717, 1.165) is 22.0 Å². The van der Waals surface area contributed by atoms with Gasteiger partial charge in [0.2, 0.25) is 0 Å². The van der Waals surface area contributed by atoms with Gasteiger partial charge in [-0.25, -0.2) is 0 Å². The van der Waals surface area contributed by atoms with Crippen LogP contribution in [0.2, 0.25) is 0 Å². The van der Waals surface area contributed by atoms with Crippen LogP contribution in [-0.2, 0) is 38.9 Å². The van der Waals surface area contributed by atoms with Gasteiger partial charge in [0.25, 0.3) is 0 Å². The van der Waals surface area contributed by atoms with E-state index >= 15 is 0 Å². The van der Waals surface area contributed by atoms with Crippen molar-refractivity contribution in [1.29, 1.82) is 0 Å². The summed E-state index contributed by atoms with van der Waals surface area (Å²) in [6.07, 6.45) is 8.81. The second-order valence-electron chi connectivity index (χ2n) is 23.7. The Labute approximate surface area is 490 Å². The number of benzene rings is 9. The van der Waals surface area contributed by atoms with E-state index in [4.69, 9.17) is 4.74 Å². The van der Waals surface area contributed by atoms with Crippen LogP contribution in [0.1, 0.15) is 99.9 Å². The summed E-state index contributed by atoms with van der Waals surface area (Å²) in [6, 6.07) is 75.6. The first-order valence-electron chi connectivity index (χ1n) is 28.4. The average Bonchev–Trinajstić information content (AvgIpc) is 4.28. The van der Waals surface area contributed by atoms with Crippen molar-refractivity contribution < 1.29 is 22.7 Å². The average molecular weight is 1240 g/mol. The van der Waals surface area contributed by atoms with E-state index in [9.17, 15) is 0 Å². The summed E-state index contributed by atoms with van der Waals surface area (Å²) in [7, 11) is -2.52. The summed E-state index contributed by atoms with van der Waals surface area (Å²) in [4.78, 5) is 0. The van der Waals surface area contributed by atoms with Gasteiger partial charge >= 0.3 is 296 Å². The fraction of sp³-hybridized carbons (Fsp3) is 0.167. The molecule has 0 unspecified atom stereocenters. The van der Waals surface area contributed by atoms with Crippen LogP contribution in [0.4, 0.5) is 0 Å². The van der Waals surface area contributed by atoms with Crippen molar-refractivity contribution in [2.24, 2.45) is 0 Å². The van der Waals surface area contributed by atoms with Gasteiger partial charge in [0, 0.05) is 10.8 Å². The third-order valence-corrected chi connectivity index (χ3v) is 23.5. The van der Waals surface area contributed by atoms with Crippen molar-refractivity contribution in [3.63, 3.8) is 0 Å². The van der Waals surface area contributed by atoms with Crippen LogP contribution in [0.15, 0.2) is 240 Å². The molecule has 0 bridgehead atoms. The molecule has 1 heterocycles. The quantitative estimate of drug-likeness (QED) is 0.109. The van der Waals surface area contributed by atoms with Gasteiger partial charge in [-0.3, -0.25) is 0 Å². The Kier molecular flexibility index (Phi) is 13.3. The van der Waals surface area contributed by atoms with Crippen molar-refractivity contribution in [2.45, 2.75) is 71.6 Å². The molecule has 4 aliphatic rings. The van der Waals surface area contributed by atoms with Gasteiger partial charge < -0.3 is 0 Å². The topological polar surface area (TPSA) is 9.23 Å². The molecule has 1 saturated heterocycles. The molecule has 0 radical (unpaired) electrons. The number of allylic oxidation sites excluding steroid dienone is 5. The molecule has 1 nitrogen and oxygen atoms in total. The summed E-state index contributed by atoms with van der Waals surface area (Å²) < 4.78 is 9.95. The molecule has 3 aliphatic carbocycles. The normalized spacial score (nSPS) is 16.9. The zero-order chi connectivity index (χ0) is 55.8. The molecule has 0 atom stereocenters. The van der Waals surface area contributed by atoms with E-state index in [-0.39, 0.29) is 16.2 Å². The monoisotopic (exact) mass is 1240 g/mol. The summed E-state index contributed by atoms with van der Waals surface area (Å²) in [6.45, 7) is 19.7. The molecular weight excluding hydrogens is 1170 g/mol. The van der Waals surface area contributed by atoms with E-state index in [1.807, 2.05) is 0 Å². The fourth-order valence-electron chi connectivity index (χ4n) is 13.7. The first kappa shape index (κ1) is 52.7. The molecule has 0 aromatic heterocycles. The Morgan fingerprint density at radius 1 is 0.457 bits per heavy atom. The second kappa shape index (κ2) is 20.4. The second-order valence-corrected chi connectivity index (χ2v) is 27.7. The van der Waals surface area contributed by atoms with Crippen LogP contribution in [-0.4, -0.2) is 13.2 Å². The Hall–Kier alpha value is -7.69. The molecule has 0 saturated carbocycles. The molecule has 9 aromatic rings. The van der Waals surface area contributed by atoms with Crippen LogP contribution in [0.25, 0.3) is 61.7 Å². The first-order chi connectivity index (χ1) is 39.3. The number of fused-ring (bicyclic) bond motifs is 9. The molecule has 3 heteroatoms. The van der Waals surface area contributed by atoms with E-state index in [2.05, 4.69) is 296 Å². The first-order valence-corrected chi connectivity index (χ1v) is 31.5. The van der Waals surface area contributed by atoms with Crippen LogP contribution < -0.4 is 15.9 Å². The Morgan fingerprint density at radius 3 is 1.25 bits per heavy atom. The Morgan fingerprint density at radius 2 is 0.840 bits per heavy atom. The third kappa shape index (κ3) is 8.56. The van der Waals surface area contributed by atoms with Crippen molar-refractivity contribution >= 4 is 29.3 Å². The van der Waals surface area contributed by atoms with Gasteiger partial charge in [0.15, 0.2) is 0 Å². The van der Waals surface area contributed by atoms with Crippen LogP contribution in [0, 0.1) is 16.2 Å². The predicted molar refractivity (Wildman–Crippen MR) is 340 cm³/mol. The van der Waals surface area contributed by atoms with Crippen molar-refractivity contribution in [3.05, 3.63) is 285 Å². The number of rotatable bonds is 8. The molecule has 0 N–H and O–H groups in total. The van der Waals surface area contributed by atoms with Crippen LogP contribution in [0.5, 0.6) is 0 Å². The number of hydrogen-bond donors (Lipinski definition) is 0. The summed E-state index contributed by atoms with van der Waals surface area (Å²) >= 11 is 1.80. The molecule has 395 valence electrons. The standard InChI is InChI=1S/C78H65OP.Os/c1-10-21-52-29-36-64-66-38-32-56(45-72(66)76(4,5)70(64)42-52)58-34-40-68-69-41-35-59(48-75(69)78(8,9)74(68)47-58)57-33-39-67-65-37-30-53(43-71(65)77(6,7)73(67)46-57)28-31-55(44-60-50-79-49-54(60)11-2)51(3)80(61-22-15-12-16-23-61,62-24-17-13-18-25-62)63-26-19-14-20-27-63;/h10-27,29-30,32-48H,49-50H2,1-2,4-9H3;/q+1;/b21-10+,54-11?,55-51?,60-44?;. The molecule has 0 amide bonds. The molecule has 13 rings (SSSR count). The SMILES string of the molecule is CC=C1COCC1=CC(C#Cc1ccc2c(c1)C(C)(C)c1cc(-c3ccc4c(c3)C(C)(C)c3cc(-c5ccc6c(c5)C(C)(C)c5cc(/C=C/C)ccc5-6)ccc3-4)ccc1-2)=C([C]#[Os])[P+](c1ccccc1)(c1ccccc1)c1ccccc1. The molecule has 1 aliphatic heterocycles. The Bertz CT molecular complexity index is 4200.